The van der Waals surface area contributed by atoms with Gasteiger partial charge in [-0.3, -0.25) is 14.6 Å². The maximum absolute atomic E-state index is 13.2. The van der Waals surface area contributed by atoms with E-state index in [1.54, 1.807) is 4.90 Å². The lowest BCUT2D eigenvalue weighted by molar-refractivity contribution is -0.113. The highest BCUT2D eigenvalue weighted by atomic mass is 32.1. The standard InChI is InChI=1S/C22H16N2OS/c25-21-20(16-17-10-4-1-5-11-17)23(18-12-6-2-7-13-18)22(26)24(21)19-14-8-3-9-15-19/h1-16H/b20-16+. The first-order valence-corrected chi connectivity index (χ1v) is 8.72. The number of rotatable bonds is 3. The van der Waals surface area contributed by atoms with E-state index in [4.69, 9.17) is 12.2 Å². The van der Waals surface area contributed by atoms with E-state index in [1.807, 2.05) is 102 Å². The zero-order valence-corrected chi connectivity index (χ0v) is 14.8. The van der Waals surface area contributed by atoms with Crippen LogP contribution in [-0.2, 0) is 4.79 Å². The van der Waals surface area contributed by atoms with Crippen molar-refractivity contribution < 1.29 is 4.79 Å². The summed E-state index contributed by atoms with van der Waals surface area (Å²) in [7, 11) is 0. The van der Waals surface area contributed by atoms with Crippen LogP contribution in [0.1, 0.15) is 5.56 Å². The summed E-state index contributed by atoms with van der Waals surface area (Å²) in [6.07, 6.45) is 1.88. The van der Waals surface area contributed by atoms with Gasteiger partial charge in [0.2, 0.25) is 0 Å². The van der Waals surface area contributed by atoms with Crippen molar-refractivity contribution in [1.29, 1.82) is 0 Å². The van der Waals surface area contributed by atoms with Gasteiger partial charge in [-0.05, 0) is 48.1 Å². The smallest absolute Gasteiger partial charge is 0.281 e. The fourth-order valence-electron chi connectivity index (χ4n) is 2.96. The Morgan fingerprint density at radius 2 is 1.12 bits per heavy atom. The second-order valence-corrected chi connectivity index (χ2v) is 6.24. The highest BCUT2D eigenvalue weighted by Crippen LogP contribution is 2.33. The van der Waals surface area contributed by atoms with E-state index < -0.39 is 0 Å². The Morgan fingerprint density at radius 3 is 1.65 bits per heavy atom. The first-order valence-electron chi connectivity index (χ1n) is 8.31. The van der Waals surface area contributed by atoms with Crippen LogP contribution in [0.15, 0.2) is 96.7 Å². The molecule has 4 rings (SSSR count). The van der Waals surface area contributed by atoms with Crippen LogP contribution in [0.2, 0.25) is 0 Å². The minimum absolute atomic E-state index is 0.131. The van der Waals surface area contributed by atoms with Crippen LogP contribution in [-0.4, -0.2) is 11.0 Å². The van der Waals surface area contributed by atoms with Gasteiger partial charge in [-0.2, -0.15) is 0 Å². The molecule has 26 heavy (non-hydrogen) atoms. The van der Waals surface area contributed by atoms with E-state index >= 15 is 0 Å². The molecule has 1 aliphatic rings. The molecule has 1 aliphatic heterocycles. The molecule has 3 aromatic carbocycles. The molecule has 0 N–H and O–H groups in total. The van der Waals surface area contributed by atoms with Crippen LogP contribution in [0.25, 0.3) is 6.08 Å². The first-order chi connectivity index (χ1) is 12.8. The van der Waals surface area contributed by atoms with Crippen LogP contribution in [0.5, 0.6) is 0 Å². The number of benzene rings is 3. The monoisotopic (exact) mass is 356 g/mol. The molecule has 0 aromatic heterocycles. The van der Waals surface area contributed by atoms with Gasteiger partial charge in [-0.25, -0.2) is 0 Å². The third-order valence-electron chi connectivity index (χ3n) is 4.18. The largest absolute Gasteiger partial charge is 0.281 e. The van der Waals surface area contributed by atoms with Crippen LogP contribution in [0.3, 0.4) is 0 Å². The number of thiocarbonyl (C=S) groups is 1. The number of carbonyl (C=O) groups excluding carboxylic acids is 1. The third-order valence-corrected chi connectivity index (χ3v) is 4.54. The van der Waals surface area contributed by atoms with Crippen molar-refractivity contribution >= 4 is 40.7 Å². The number of hydrogen-bond acceptors (Lipinski definition) is 2. The fourth-order valence-corrected chi connectivity index (χ4v) is 3.36. The molecular formula is C22H16N2OS. The maximum Gasteiger partial charge on any atom is 0.281 e. The van der Waals surface area contributed by atoms with Gasteiger partial charge in [-0.15, -0.1) is 0 Å². The topological polar surface area (TPSA) is 23.6 Å². The SMILES string of the molecule is O=C1/C(=C\c2ccccc2)N(c2ccccc2)C(=S)N1c1ccccc1. The lowest BCUT2D eigenvalue weighted by Crippen LogP contribution is -2.32. The Kier molecular flexibility index (Phi) is 4.33. The summed E-state index contributed by atoms with van der Waals surface area (Å²) in [6.45, 7) is 0. The molecule has 0 bridgehead atoms. The minimum Gasteiger partial charge on any atom is -0.281 e. The quantitative estimate of drug-likeness (QED) is 0.494. The van der Waals surface area contributed by atoms with E-state index in [2.05, 4.69) is 0 Å². The van der Waals surface area contributed by atoms with Gasteiger partial charge in [0.25, 0.3) is 5.91 Å². The molecule has 1 saturated heterocycles. The number of hydrogen-bond donors (Lipinski definition) is 0. The summed E-state index contributed by atoms with van der Waals surface area (Å²) >= 11 is 5.69. The van der Waals surface area contributed by atoms with Gasteiger partial charge in [0.15, 0.2) is 5.11 Å². The predicted molar refractivity (Wildman–Crippen MR) is 110 cm³/mol. The second kappa shape index (κ2) is 6.94. The number of nitrogens with zero attached hydrogens (tertiary/aromatic N) is 2. The molecule has 1 heterocycles. The average molecular weight is 356 g/mol. The molecule has 4 heteroatoms. The van der Waals surface area contributed by atoms with Gasteiger partial charge in [0.05, 0.1) is 5.69 Å². The van der Waals surface area contributed by atoms with Crippen molar-refractivity contribution in [2.75, 3.05) is 9.80 Å². The average Bonchev–Trinajstić information content (AvgIpc) is 2.94. The van der Waals surface area contributed by atoms with Crippen LogP contribution < -0.4 is 9.80 Å². The van der Waals surface area contributed by atoms with Crippen molar-refractivity contribution in [2.24, 2.45) is 0 Å². The van der Waals surface area contributed by atoms with E-state index in [9.17, 15) is 4.79 Å². The molecule has 1 amide bonds. The predicted octanol–water partition coefficient (Wildman–Crippen LogP) is 4.87. The molecule has 0 radical (unpaired) electrons. The van der Waals surface area contributed by atoms with Crippen molar-refractivity contribution in [3.63, 3.8) is 0 Å². The van der Waals surface area contributed by atoms with Crippen LogP contribution in [0, 0.1) is 0 Å². The molecule has 0 unspecified atom stereocenters. The molecule has 126 valence electrons. The van der Waals surface area contributed by atoms with Gasteiger partial charge in [0, 0.05) is 5.69 Å². The van der Waals surface area contributed by atoms with Gasteiger partial charge in [0.1, 0.15) is 5.70 Å². The zero-order chi connectivity index (χ0) is 17.9. The Hall–Kier alpha value is -3.24. The summed E-state index contributed by atoms with van der Waals surface area (Å²) in [6, 6.07) is 29.0. The highest BCUT2D eigenvalue weighted by Gasteiger charge is 2.39. The fraction of sp³-hybridized carbons (Fsp3) is 0. The molecular weight excluding hydrogens is 340 g/mol. The molecule has 0 aliphatic carbocycles. The summed E-state index contributed by atoms with van der Waals surface area (Å²) in [4.78, 5) is 16.6. The third kappa shape index (κ3) is 2.91. The molecule has 3 nitrogen and oxygen atoms in total. The van der Waals surface area contributed by atoms with E-state index in [0.717, 1.165) is 16.9 Å². The second-order valence-electron chi connectivity index (χ2n) is 5.87. The number of carbonyl (C=O) groups is 1. The van der Waals surface area contributed by atoms with Crippen molar-refractivity contribution in [1.82, 2.24) is 0 Å². The van der Waals surface area contributed by atoms with Crippen molar-refractivity contribution in [3.05, 3.63) is 102 Å². The van der Waals surface area contributed by atoms with Crippen LogP contribution in [0.4, 0.5) is 11.4 Å². The van der Waals surface area contributed by atoms with E-state index in [-0.39, 0.29) is 5.91 Å². The molecule has 0 saturated carbocycles. The lowest BCUT2D eigenvalue weighted by Gasteiger charge is -2.20. The Bertz CT molecular complexity index is 969. The summed E-state index contributed by atoms with van der Waals surface area (Å²) in [5, 5.41) is 0.453. The van der Waals surface area contributed by atoms with E-state index in [0.29, 0.717) is 10.8 Å². The Balaban J connectivity index is 1.85. The minimum atomic E-state index is -0.131. The molecule has 1 fully saturated rings. The number of para-hydroxylation sites is 2. The maximum atomic E-state index is 13.2. The summed E-state index contributed by atoms with van der Waals surface area (Å²) in [5.41, 5.74) is 3.12. The van der Waals surface area contributed by atoms with Crippen molar-refractivity contribution in [2.45, 2.75) is 0 Å². The molecule has 0 atom stereocenters. The Morgan fingerprint density at radius 1 is 0.654 bits per heavy atom. The Labute approximate surface area is 157 Å². The molecule has 0 spiro atoms. The van der Waals surface area contributed by atoms with Crippen molar-refractivity contribution in [3.8, 4) is 0 Å². The van der Waals surface area contributed by atoms with Gasteiger partial charge < -0.3 is 0 Å². The van der Waals surface area contributed by atoms with Crippen LogP contribution >= 0.6 is 12.2 Å². The van der Waals surface area contributed by atoms with E-state index in [1.165, 1.54) is 0 Å². The molecule has 3 aromatic rings. The summed E-state index contributed by atoms with van der Waals surface area (Å²) in [5.74, 6) is -0.131. The summed E-state index contributed by atoms with van der Waals surface area (Å²) < 4.78 is 0. The number of anilines is 2. The first kappa shape index (κ1) is 16.2. The van der Waals surface area contributed by atoms with Gasteiger partial charge in [-0.1, -0.05) is 66.7 Å². The highest BCUT2D eigenvalue weighted by molar-refractivity contribution is 7.81. The normalized spacial score (nSPS) is 15.8. The lowest BCUT2D eigenvalue weighted by atomic mass is 10.1. The zero-order valence-electron chi connectivity index (χ0n) is 13.9. The number of amides is 1. The van der Waals surface area contributed by atoms with Gasteiger partial charge >= 0.3 is 0 Å².